The molecule has 2 heterocycles. The van der Waals surface area contributed by atoms with Crippen LogP contribution in [-0.2, 0) is 4.79 Å². The van der Waals surface area contributed by atoms with Gasteiger partial charge in [-0.1, -0.05) is 0 Å². The first kappa shape index (κ1) is 10.6. The number of rotatable bonds is 2. The number of carbonyl (C=O) groups excluding carboxylic acids is 2. The molecule has 0 atom stereocenters. The standard InChI is InChI=1S/C11H13N3O2/c15-8-9-2-3-10(13-6-9)14-5-1-4-12-11(16)7-14/h2-3,6,8H,1,4-5,7H2,(H,12,16). The number of pyridine rings is 1. The van der Waals surface area contributed by atoms with Crippen LogP contribution in [0.5, 0.6) is 0 Å². The molecule has 5 nitrogen and oxygen atoms in total. The molecule has 0 spiro atoms. The fraction of sp³-hybridized carbons (Fsp3) is 0.364. The van der Waals surface area contributed by atoms with Gasteiger partial charge in [0.1, 0.15) is 5.82 Å². The molecule has 0 saturated carbocycles. The highest BCUT2D eigenvalue weighted by atomic mass is 16.2. The largest absolute Gasteiger partial charge is 0.354 e. The molecule has 0 bridgehead atoms. The van der Waals surface area contributed by atoms with Gasteiger partial charge in [0.2, 0.25) is 5.91 Å². The lowest BCUT2D eigenvalue weighted by atomic mass is 10.3. The van der Waals surface area contributed by atoms with Crippen molar-refractivity contribution in [3.8, 4) is 0 Å². The molecule has 2 rings (SSSR count). The van der Waals surface area contributed by atoms with Gasteiger partial charge in [-0.15, -0.1) is 0 Å². The Bertz CT molecular complexity index is 389. The first-order chi connectivity index (χ1) is 7.79. The molecule has 0 aromatic carbocycles. The van der Waals surface area contributed by atoms with Crippen LogP contribution in [0, 0.1) is 0 Å². The smallest absolute Gasteiger partial charge is 0.239 e. The van der Waals surface area contributed by atoms with E-state index < -0.39 is 0 Å². The zero-order chi connectivity index (χ0) is 11.4. The molecule has 1 amide bonds. The highest BCUT2D eigenvalue weighted by Crippen LogP contribution is 2.11. The Balaban J connectivity index is 2.15. The quantitative estimate of drug-likeness (QED) is 0.723. The molecule has 0 aliphatic carbocycles. The van der Waals surface area contributed by atoms with Gasteiger partial charge in [0.05, 0.1) is 6.54 Å². The maximum atomic E-state index is 11.4. The van der Waals surface area contributed by atoms with E-state index in [1.165, 1.54) is 6.20 Å². The number of nitrogens with zero attached hydrogens (tertiary/aromatic N) is 2. The monoisotopic (exact) mass is 219 g/mol. The number of hydrogen-bond donors (Lipinski definition) is 1. The number of nitrogens with one attached hydrogen (secondary N) is 1. The Labute approximate surface area is 93.5 Å². The van der Waals surface area contributed by atoms with Gasteiger partial charge in [0, 0.05) is 24.8 Å². The minimum absolute atomic E-state index is 0.0127. The molecular formula is C11H13N3O2. The predicted molar refractivity (Wildman–Crippen MR) is 59.5 cm³/mol. The van der Waals surface area contributed by atoms with Crippen LogP contribution in [0.15, 0.2) is 18.3 Å². The predicted octanol–water partition coefficient (Wildman–Crippen LogP) is 0.220. The van der Waals surface area contributed by atoms with Crippen molar-refractivity contribution in [2.24, 2.45) is 0 Å². The third kappa shape index (κ3) is 2.36. The zero-order valence-electron chi connectivity index (χ0n) is 8.85. The van der Waals surface area contributed by atoms with Crippen LogP contribution in [-0.4, -0.2) is 36.8 Å². The summed E-state index contributed by atoms with van der Waals surface area (Å²) in [6, 6.07) is 3.47. The van der Waals surface area contributed by atoms with Crippen LogP contribution in [0.1, 0.15) is 16.8 Å². The number of carbonyl (C=O) groups is 2. The van der Waals surface area contributed by atoms with Gasteiger partial charge < -0.3 is 10.2 Å². The van der Waals surface area contributed by atoms with E-state index in [4.69, 9.17) is 0 Å². The van der Waals surface area contributed by atoms with E-state index in [1.807, 2.05) is 4.90 Å². The van der Waals surface area contributed by atoms with E-state index in [0.717, 1.165) is 25.1 Å². The summed E-state index contributed by atoms with van der Waals surface area (Å²) in [6.07, 6.45) is 3.18. The van der Waals surface area contributed by atoms with E-state index in [9.17, 15) is 9.59 Å². The van der Waals surface area contributed by atoms with Crippen molar-refractivity contribution < 1.29 is 9.59 Å². The minimum Gasteiger partial charge on any atom is -0.354 e. The number of aldehydes is 1. The zero-order valence-corrected chi connectivity index (χ0v) is 8.85. The first-order valence-electron chi connectivity index (χ1n) is 5.22. The highest BCUT2D eigenvalue weighted by Gasteiger charge is 2.15. The molecule has 1 saturated heterocycles. The minimum atomic E-state index is 0.0127. The summed E-state index contributed by atoms with van der Waals surface area (Å²) in [5.74, 6) is 0.751. The van der Waals surface area contributed by atoms with Gasteiger partial charge in [-0.2, -0.15) is 0 Å². The van der Waals surface area contributed by atoms with Crippen molar-refractivity contribution in [1.29, 1.82) is 0 Å². The highest BCUT2D eigenvalue weighted by molar-refractivity contribution is 5.81. The van der Waals surface area contributed by atoms with Gasteiger partial charge in [-0.05, 0) is 18.6 Å². The van der Waals surface area contributed by atoms with Crippen molar-refractivity contribution in [3.63, 3.8) is 0 Å². The number of amides is 1. The molecule has 0 unspecified atom stereocenters. The lowest BCUT2D eigenvalue weighted by Gasteiger charge is -2.19. The van der Waals surface area contributed by atoms with Crippen molar-refractivity contribution in [3.05, 3.63) is 23.9 Å². The van der Waals surface area contributed by atoms with Crippen LogP contribution >= 0.6 is 0 Å². The lowest BCUT2D eigenvalue weighted by Crippen LogP contribution is -2.33. The summed E-state index contributed by atoms with van der Waals surface area (Å²) >= 11 is 0. The molecule has 1 N–H and O–H groups in total. The van der Waals surface area contributed by atoms with Gasteiger partial charge in [-0.3, -0.25) is 9.59 Å². The molecule has 5 heteroatoms. The van der Waals surface area contributed by atoms with E-state index in [-0.39, 0.29) is 5.91 Å². The van der Waals surface area contributed by atoms with Crippen LogP contribution in [0.25, 0.3) is 0 Å². The normalized spacial score (nSPS) is 16.5. The summed E-state index contributed by atoms with van der Waals surface area (Å²) in [7, 11) is 0. The van der Waals surface area contributed by atoms with Crippen molar-refractivity contribution in [1.82, 2.24) is 10.3 Å². The fourth-order valence-electron chi connectivity index (χ4n) is 1.66. The molecule has 0 radical (unpaired) electrons. The molecular weight excluding hydrogens is 206 g/mol. The summed E-state index contributed by atoms with van der Waals surface area (Å²) in [4.78, 5) is 27.9. The SMILES string of the molecule is O=Cc1ccc(N2CCCNC(=O)C2)nc1. The fourth-order valence-corrected chi connectivity index (χ4v) is 1.66. The number of anilines is 1. The van der Waals surface area contributed by atoms with Crippen LogP contribution < -0.4 is 10.2 Å². The van der Waals surface area contributed by atoms with E-state index in [1.54, 1.807) is 12.1 Å². The van der Waals surface area contributed by atoms with Gasteiger partial charge >= 0.3 is 0 Å². The lowest BCUT2D eigenvalue weighted by molar-refractivity contribution is -0.119. The summed E-state index contributed by atoms with van der Waals surface area (Å²) < 4.78 is 0. The molecule has 16 heavy (non-hydrogen) atoms. The molecule has 1 aromatic heterocycles. The second-order valence-corrected chi connectivity index (χ2v) is 3.69. The Kier molecular flexibility index (Phi) is 3.14. The van der Waals surface area contributed by atoms with Gasteiger partial charge in [-0.25, -0.2) is 4.98 Å². The Morgan fingerprint density at radius 2 is 2.31 bits per heavy atom. The van der Waals surface area contributed by atoms with Crippen molar-refractivity contribution in [2.75, 3.05) is 24.5 Å². The second-order valence-electron chi connectivity index (χ2n) is 3.69. The second kappa shape index (κ2) is 4.74. The number of aromatic nitrogens is 1. The van der Waals surface area contributed by atoms with Crippen LogP contribution in [0.3, 0.4) is 0 Å². The summed E-state index contributed by atoms with van der Waals surface area (Å²) in [5, 5.41) is 2.80. The van der Waals surface area contributed by atoms with E-state index >= 15 is 0 Å². The summed E-state index contributed by atoms with van der Waals surface area (Å²) in [6.45, 7) is 1.83. The molecule has 1 aliphatic heterocycles. The molecule has 1 aromatic rings. The van der Waals surface area contributed by atoms with Crippen molar-refractivity contribution in [2.45, 2.75) is 6.42 Å². The van der Waals surface area contributed by atoms with Crippen LogP contribution in [0.2, 0.25) is 0 Å². The van der Waals surface area contributed by atoms with E-state index in [2.05, 4.69) is 10.3 Å². The first-order valence-corrected chi connectivity index (χ1v) is 5.22. The maximum absolute atomic E-state index is 11.4. The molecule has 1 fully saturated rings. The maximum Gasteiger partial charge on any atom is 0.239 e. The van der Waals surface area contributed by atoms with Gasteiger partial charge in [0.25, 0.3) is 0 Å². The van der Waals surface area contributed by atoms with Crippen molar-refractivity contribution >= 4 is 18.0 Å². The Morgan fingerprint density at radius 1 is 1.44 bits per heavy atom. The van der Waals surface area contributed by atoms with E-state index in [0.29, 0.717) is 18.7 Å². The molecule has 1 aliphatic rings. The Morgan fingerprint density at radius 3 is 3.00 bits per heavy atom. The molecule has 84 valence electrons. The summed E-state index contributed by atoms with van der Waals surface area (Å²) in [5.41, 5.74) is 0.544. The van der Waals surface area contributed by atoms with Crippen LogP contribution in [0.4, 0.5) is 5.82 Å². The third-order valence-corrected chi connectivity index (χ3v) is 2.49. The number of hydrogen-bond acceptors (Lipinski definition) is 4. The third-order valence-electron chi connectivity index (χ3n) is 2.49. The van der Waals surface area contributed by atoms with Gasteiger partial charge in [0.15, 0.2) is 6.29 Å². The average Bonchev–Trinajstić information content (AvgIpc) is 2.54. The topological polar surface area (TPSA) is 62.3 Å². The average molecular weight is 219 g/mol. The Hall–Kier alpha value is -1.91.